The summed E-state index contributed by atoms with van der Waals surface area (Å²) in [7, 11) is 0. The first kappa shape index (κ1) is 15.4. The van der Waals surface area contributed by atoms with Crippen molar-refractivity contribution in [1.82, 2.24) is 4.98 Å². The lowest BCUT2D eigenvalue weighted by Gasteiger charge is -2.05. The molecule has 0 bridgehead atoms. The number of nitrogens with zero attached hydrogens (tertiary/aromatic N) is 2. The molecule has 2 aromatic carbocycles. The van der Waals surface area contributed by atoms with E-state index in [-0.39, 0.29) is 11.6 Å². The van der Waals surface area contributed by atoms with Crippen LogP contribution >= 0.6 is 11.3 Å². The van der Waals surface area contributed by atoms with E-state index in [9.17, 15) is 10.2 Å². The zero-order valence-electron chi connectivity index (χ0n) is 13.4. The van der Waals surface area contributed by atoms with E-state index in [1.54, 1.807) is 12.3 Å². The van der Waals surface area contributed by atoms with Gasteiger partial charge in [-0.15, -0.1) is 0 Å². The van der Waals surface area contributed by atoms with Crippen molar-refractivity contribution in [3.8, 4) is 11.6 Å². The van der Waals surface area contributed by atoms with Crippen LogP contribution < -0.4 is 5.32 Å². The van der Waals surface area contributed by atoms with Crippen LogP contribution in [-0.2, 0) is 0 Å². The number of benzene rings is 2. The number of para-hydroxylation sites is 1. The van der Waals surface area contributed by atoms with E-state index in [4.69, 9.17) is 0 Å². The van der Waals surface area contributed by atoms with Crippen molar-refractivity contribution in [3.05, 3.63) is 58.5 Å². The van der Waals surface area contributed by atoms with Crippen molar-refractivity contribution in [1.29, 1.82) is 0 Å². The minimum absolute atomic E-state index is 0.0510. The molecule has 3 N–H and O–H groups in total. The molecule has 5 nitrogen and oxygen atoms in total. The van der Waals surface area contributed by atoms with E-state index >= 15 is 0 Å². The lowest BCUT2D eigenvalue weighted by molar-refractivity contribution is 0.456. The summed E-state index contributed by atoms with van der Waals surface area (Å²) in [6, 6.07) is 13.1. The molecule has 3 aromatic rings. The molecule has 1 aliphatic rings. The average Bonchev–Trinajstić information content (AvgIpc) is 3.16. The minimum Gasteiger partial charge on any atom is -0.506 e. The van der Waals surface area contributed by atoms with E-state index in [2.05, 4.69) is 15.3 Å². The van der Waals surface area contributed by atoms with Crippen molar-refractivity contribution in [2.45, 2.75) is 6.92 Å². The largest absolute Gasteiger partial charge is 0.506 e. The highest BCUT2D eigenvalue weighted by Crippen LogP contribution is 2.38. The molecule has 6 heteroatoms. The highest BCUT2D eigenvalue weighted by atomic mass is 32.1. The number of hydrogen-bond donors (Lipinski definition) is 3. The first-order valence-corrected chi connectivity index (χ1v) is 8.53. The van der Waals surface area contributed by atoms with Crippen LogP contribution in [0.5, 0.6) is 11.6 Å². The highest BCUT2D eigenvalue weighted by Gasteiger charge is 2.15. The van der Waals surface area contributed by atoms with Gasteiger partial charge in [-0.05, 0) is 36.8 Å². The first-order chi connectivity index (χ1) is 12.1. The molecule has 124 valence electrons. The Morgan fingerprint density at radius 3 is 2.84 bits per heavy atom. The Kier molecular flexibility index (Phi) is 3.74. The number of phenols is 1. The molecule has 0 aliphatic carbocycles. The number of allylic oxidation sites excluding steroid dienone is 1. The van der Waals surface area contributed by atoms with Crippen molar-refractivity contribution in [2.24, 2.45) is 4.99 Å². The number of aliphatic imine (C=N–C) groups is 1. The van der Waals surface area contributed by atoms with Gasteiger partial charge in [-0.1, -0.05) is 35.6 Å². The van der Waals surface area contributed by atoms with E-state index in [1.807, 2.05) is 49.4 Å². The molecule has 1 aromatic heterocycles. The smallest absolute Gasteiger partial charge is 0.231 e. The molecule has 0 saturated heterocycles. The summed E-state index contributed by atoms with van der Waals surface area (Å²) in [5.41, 5.74) is 4.45. The van der Waals surface area contributed by atoms with Crippen LogP contribution in [0.1, 0.15) is 16.0 Å². The summed E-state index contributed by atoms with van der Waals surface area (Å²) < 4.78 is 0. The maximum atomic E-state index is 10.1. The van der Waals surface area contributed by atoms with Crippen LogP contribution in [0.4, 0.5) is 16.5 Å². The van der Waals surface area contributed by atoms with Crippen molar-refractivity contribution >= 4 is 45.7 Å². The van der Waals surface area contributed by atoms with Gasteiger partial charge < -0.3 is 15.5 Å². The minimum atomic E-state index is -0.0510. The quantitative estimate of drug-likeness (QED) is 0.590. The molecule has 4 rings (SSSR count). The van der Waals surface area contributed by atoms with Gasteiger partial charge in [0, 0.05) is 17.4 Å². The van der Waals surface area contributed by atoms with Crippen molar-refractivity contribution in [3.63, 3.8) is 0 Å². The lowest BCUT2D eigenvalue weighted by Crippen LogP contribution is -1.90. The lowest BCUT2D eigenvalue weighted by atomic mass is 10.1. The number of phenolic OH excluding ortho intramolecular Hbond substituents is 1. The number of aromatic hydroxyl groups is 2. The molecule has 2 heterocycles. The van der Waals surface area contributed by atoms with E-state index in [0.717, 1.165) is 22.4 Å². The Balaban J connectivity index is 1.65. The molecular weight excluding hydrogens is 334 g/mol. The summed E-state index contributed by atoms with van der Waals surface area (Å²) in [4.78, 5) is 9.13. The number of nitrogens with one attached hydrogen (secondary N) is 1. The third-order valence-electron chi connectivity index (χ3n) is 3.87. The number of aromatic nitrogens is 1. The Bertz CT molecular complexity index is 1020. The van der Waals surface area contributed by atoms with Crippen molar-refractivity contribution < 1.29 is 10.2 Å². The van der Waals surface area contributed by atoms with Gasteiger partial charge >= 0.3 is 0 Å². The summed E-state index contributed by atoms with van der Waals surface area (Å²) in [5, 5.41) is 23.6. The van der Waals surface area contributed by atoms with Gasteiger partial charge in [0.2, 0.25) is 5.88 Å². The Hall–Kier alpha value is -3.12. The van der Waals surface area contributed by atoms with Gasteiger partial charge in [0.1, 0.15) is 5.75 Å². The SMILES string of the molecule is Cc1ccc(O)c(Nc2nc(O)c(/C=C3\C=Nc4ccccc43)s2)c1. The average molecular weight is 349 g/mol. The van der Waals surface area contributed by atoms with Gasteiger partial charge in [-0.3, -0.25) is 4.99 Å². The fourth-order valence-corrected chi connectivity index (χ4v) is 3.46. The van der Waals surface area contributed by atoms with Crippen LogP contribution in [0.25, 0.3) is 11.6 Å². The second-order valence-corrected chi connectivity index (χ2v) is 6.76. The molecular formula is C19H15N3O2S. The normalized spacial score (nSPS) is 14.0. The maximum Gasteiger partial charge on any atom is 0.231 e. The van der Waals surface area contributed by atoms with Crippen LogP contribution in [0.3, 0.4) is 0 Å². The molecule has 0 fully saturated rings. The second kappa shape index (κ2) is 6.07. The number of anilines is 2. The maximum absolute atomic E-state index is 10.1. The van der Waals surface area contributed by atoms with Crippen LogP contribution in [0, 0.1) is 6.92 Å². The Morgan fingerprint density at radius 2 is 1.96 bits per heavy atom. The third kappa shape index (κ3) is 2.99. The number of rotatable bonds is 3. The predicted octanol–water partition coefficient (Wildman–Crippen LogP) is 4.86. The zero-order chi connectivity index (χ0) is 17.4. The van der Waals surface area contributed by atoms with E-state index < -0.39 is 0 Å². The second-order valence-electron chi connectivity index (χ2n) is 5.73. The fraction of sp³-hybridized carbons (Fsp3) is 0.0526. The molecule has 0 saturated carbocycles. The molecule has 0 radical (unpaired) electrons. The van der Waals surface area contributed by atoms with Crippen LogP contribution in [0.2, 0.25) is 0 Å². The number of thiazole rings is 1. The monoisotopic (exact) mass is 349 g/mol. The summed E-state index contributed by atoms with van der Waals surface area (Å²) in [6.07, 6.45) is 3.65. The summed E-state index contributed by atoms with van der Waals surface area (Å²) in [6.45, 7) is 1.94. The number of hydrogen-bond acceptors (Lipinski definition) is 6. The molecule has 1 aliphatic heterocycles. The summed E-state index contributed by atoms with van der Waals surface area (Å²) in [5.74, 6) is 0.0852. The van der Waals surface area contributed by atoms with Gasteiger partial charge in [-0.25, -0.2) is 0 Å². The zero-order valence-corrected chi connectivity index (χ0v) is 14.2. The van der Waals surface area contributed by atoms with Gasteiger partial charge in [0.15, 0.2) is 5.13 Å². The molecule has 0 unspecified atom stereocenters. The molecule has 25 heavy (non-hydrogen) atoms. The standard InChI is InChI=1S/C19H15N3O2S/c1-11-6-7-16(23)15(8-11)21-19-22-18(24)17(25-19)9-12-10-20-14-5-3-2-4-13(12)14/h2-10,23-24H,1H3,(H,21,22)/b12-9+. The highest BCUT2D eigenvalue weighted by molar-refractivity contribution is 7.16. The van der Waals surface area contributed by atoms with E-state index in [1.165, 1.54) is 11.3 Å². The van der Waals surface area contributed by atoms with Gasteiger partial charge in [0.05, 0.1) is 16.3 Å². The van der Waals surface area contributed by atoms with Crippen LogP contribution in [-0.4, -0.2) is 21.4 Å². The van der Waals surface area contributed by atoms with E-state index in [0.29, 0.717) is 15.7 Å². The Morgan fingerprint density at radius 1 is 1.12 bits per heavy atom. The third-order valence-corrected chi connectivity index (χ3v) is 4.78. The van der Waals surface area contributed by atoms with Crippen molar-refractivity contribution in [2.75, 3.05) is 5.32 Å². The predicted molar refractivity (Wildman–Crippen MR) is 102 cm³/mol. The van der Waals surface area contributed by atoms with Crippen LogP contribution in [0.15, 0.2) is 47.5 Å². The first-order valence-electron chi connectivity index (χ1n) is 7.72. The molecule has 0 spiro atoms. The summed E-state index contributed by atoms with van der Waals surface area (Å²) >= 11 is 1.31. The van der Waals surface area contributed by atoms with Gasteiger partial charge in [-0.2, -0.15) is 4.98 Å². The molecule has 0 atom stereocenters. The topological polar surface area (TPSA) is 77.7 Å². The number of aryl methyl sites for hydroxylation is 1. The van der Waals surface area contributed by atoms with Gasteiger partial charge in [0.25, 0.3) is 0 Å². The molecule has 0 amide bonds. The fourth-order valence-electron chi connectivity index (χ4n) is 2.63. The Labute approximate surface area is 148 Å². The number of fused-ring (bicyclic) bond motifs is 1.